The van der Waals surface area contributed by atoms with Crippen LogP contribution in [-0.2, 0) is 0 Å². The Morgan fingerprint density at radius 3 is 2.63 bits per heavy atom. The predicted molar refractivity (Wildman–Crippen MR) is 70.1 cm³/mol. The van der Waals surface area contributed by atoms with Crippen molar-refractivity contribution in [2.45, 2.75) is 19.9 Å². The quantitative estimate of drug-likeness (QED) is 0.804. The third kappa shape index (κ3) is 2.58. The third-order valence-electron chi connectivity index (χ3n) is 2.63. The molecule has 0 spiro atoms. The fourth-order valence-corrected chi connectivity index (χ4v) is 2.20. The van der Waals surface area contributed by atoms with E-state index in [9.17, 15) is 13.6 Å². The highest BCUT2D eigenvalue weighted by molar-refractivity contribution is 9.10. The van der Waals surface area contributed by atoms with Gasteiger partial charge in [0.15, 0.2) is 0 Å². The van der Waals surface area contributed by atoms with E-state index in [1.807, 2.05) is 13.8 Å². The molecule has 0 saturated carbocycles. The Hall–Kier alpha value is -1.56. The molecule has 0 unspecified atom stereocenters. The summed E-state index contributed by atoms with van der Waals surface area (Å²) in [5.41, 5.74) is 0.0741. The van der Waals surface area contributed by atoms with Crippen LogP contribution in [0.25, 0.3) is 0 Å². The highest BCUT2D eigenvalue weighted by Gasteiger charge is 2.23. The van der Waals surface area contributed by atoms with E-state index in [1.165, 1.54) is 10.9 Å². The van der Waals surface area contributed by atoms with Crippen molar-refractivity contribution in [3.63, 3.8) is 0 Å². The van der Waals surface area contributed by atoms with Crippen molar-refractivity contribution in [3.8, 4) is 0 Å². The van der Waals surface area contributed by atoms with Gasteiger partial charge < -0.3 is 0 Å². The van der Waals surface area contributed by atoms with Gasteiger partial charge >= 0.3 is 0 Å². The molecule has 0 bridgehead atoms. The molecule has 0 aliphatic carbocycles. The molecule has 2 aromatic rings. The number of aromatic nitrogens is 2. The molecule has 0 saturated heterocycles. The molecule has 2 rings (SSSR count). The first-order chi connectivity index (χ1) is 8.91. The van der Waals surface area contributed by atoms with Crippen LogP contribution in [0.5, 0.6) is 0 Å². The topological polar surface area (TPSA) is 34.9 Å². The Morgan fingerprint density at radius 2 is 2.05 bits per heavy atom. The molecular weight excluding hydrogens is 318 g/mol. The van der Waals surface area contributed by atoms with E-state index >= 15 is 0 Å². The third-order valence-corrected chi connectivity index (χ3v) is 3.21. The van der Waals surface area contributed by atoms with Gasteiger partial charge in [-0.2, -0.15) is 5.10 Å². The molecule has 1 aromatic carbocycles. The molecule has 1 aromatic heterocycles. The summed E-state index contributed by atoms with van der Waals surface area (Å²) in [5.74, 6) is -2.13. The van der Waals surface area contributed by atoms with E-state index in [2.05, 4.69) is 21.0 Å². The molecule has 0 aliphatic rings. The highest BCUT2D eigenvalue weighted by Crippen LogP contribution is 2.24. The maximum absolute atomic E-state index is 13.7. The second-order valence-electron chi connectivity index (χ2n) is 4.33. The van der Waals surface area contributed by atoms with Crippen LogP contribution >= 0.6 is 15.9 Å². The Bertz CT molecular complexity index is 638. The Morgan fingerprint density at radius 1 is 1.37 bits per heavy atom. The van der Waals surface area contributed by atoms with Crippen LogP contribution in [0.4, 0.5) is 8.78 Å². The lowest BCUT2D eigenvalue weighted by Gasteiger charge is -2.11. The minimum absolute atomic E-state index is 0.0474. The van der Waals surface area contributed by atoms with Crippen molar-refractivity contribution in [2.75, 3.05) is 0 Å². The average Bonchev–Trinajstić information content (AvgIpc) is 2.70. The number of ketones is 1. The van der Waals surface area contributed by atoms with E-state index in [1.54, 1.807) is 0 Å². The van der Waals surface area contributed by atoms with E-state index in [-0.39, 0.29) is 17.3 Å². The monoisotopic (exact) mass is 328 g/mol. The lowest BCUT2D eigenvalue weighted by atomic mass is 10.1. The SMILES string of the molecule is CC(C)n1ncc(Br)c1C(=O)c1ccc(F)cc1F. The fraction of sp³-hybridized carbons (Fsp3) is 0.231. The molecule has 19 heavy (non-hydrogen) atoms. The maximum Gasteiger partial charge on any atom is 0.215 e. The first-order valence-corrected chi connectivity index (χ1v) is 6.44. The van der Waals surface area contributed by atoms with Crippen molar-refractivity contribution in [1.82, 2.24) is 9.78 Å². The molecule has 3 nitrogen and oxygen atoms in total. The van der Waals surface area contributed by atoms with Crippen LogP contribution in [0.3, 0.4) is 0 Å². The Balaban J connectivity index is 2.53. The lowest BCUT2D eigenvalue weighted by Crippen LogP contribution is -2.15. The Labute approximate surface area is 117 Å². The molecule has 0 aliphatic heterocycles. The molecule has 1 heterocycles. The van der Waals surface area contributed by atoms with Gasteiger partial charge in [-0.1, -0.05) is 0 Å². The zero-order chi connectivity index (χ0) is 14.2. The maximum atomic E-state index is 13.7. The van der Waals surface area contributed by atoms with Gasteiger partial charge in [0.05, 0.1) is 16.2 Å². The molecule has 0 amide bonds. The van der Waals surface area contributed by atoms with Gasteiger partial charge in [-0.15, -0.1) is 0 Å². The number of benzene rings is 1. The summed E-state index contributed by atoms with van der Waals surface area (Å²) < 4.78 is 28.5. The van der Waals surface area contributed by atoms with Crippen molar-refractivity contribution in [2.24, 2.45) is 0 Å². The summed E-state index contributed by atoms with van der Waals surface area (Å²) in [4.78, 5) is 12.3. The van der Waals surface area contributed by atoms with Gasteiger partial charge in [0, 0.05) is 12.1 Å². The number of carbonyl (C=O) groups is 1. The summed E-state index contributed by atoms with van der Waals surface area (Å²) in [6.45, 7) is 3.72. The number of carbonyl (C=O) groups excluding carboxylic acids is 1. The van der Waals surface area contributed by atoms with Gasteiger partial charge in [-0.3, -0.25) is 9.48 Å². The van der Waals surface area contributed by atoms with Gasteiger partial charge in [-0.05, 0) is 41.9 Å². The molecular formula is C13H11BrF2N2O. The van der Waals surface area contributed by atoms with Gasteiger partial charge in [0.25, 0.3) is 0 Å². The number of hydrogen-bond acceptors (Lipinski definition) is 2. The molecule has 0 atom stereocenters. The van der Waals surface area contributed by atoms with E-state index in [0.29, 0.717) is 10.5 Å². The standard InChI is InChI=1S/C13H11BrF2N2O/c1-7(2)18-12(10(14)6-17-18)13(19)9-4-3-8(15)5-11(9)16/h3-7H,1-2H3. The van der Waals surface area contributed by atoms with Crippen molar-refractivity contribution in [3.05, 3.63) is 51.8 Å². The van der Waals surface area contributed by atoms with Crippen molar-refractivity contribution >= 4 is 21.7 Å². The van der Waals surface area contributed by atoms with Crippen molar-refractivity contribution < 1.29 is 13.6 Å². The van der Waals surface area contributed by atoms with E-state index < -0.39 is 17.4 Å². The normalized spacial score (nSPS) is 11.1. The summed E-state index contributed by atoms with van der Waals surface area (Å²) >= 11 is 3.22. The van der Waals surface area contributed by atoms with E-state index in [0.717, 1.165) is 12.1 Å². The largest absolute Gasteiger partial charge is 0.287 e. The van der Waals surface area contributed by atoms with Crippen molar-refractivity contribution in [1.29, 1.82) is 0 Å². The molecule has 6 heteroatoms. The molecule has 100 valence electrons. The van der Waals surface area contributed by atoms with Crippen LogP contribution < -0.4 is 0 Å². The minimum Gasteiger partial charge on any atom is -0.287 e. The van der Waals surface area contributed by atoms with Crippen LogP contribution in [-0.4, -0.2) is 15.6 Å². The molecule has 0 N–H and O–H groups in total. The smallest absolute Gasteiger partial charge is 0.215 e. The van der Waals surface area contributed by atoms with E-state index in [4.69, 9.17) is 0 Å². The Kier molecular flexibility index (Phi) is 3.80. The number of nitrogens with zero attached hydrogens (tertiary/aromatic N) is 2. The number of rotatable bonds is 3. The van der Waals surface area contributed by atoms with Gasteiger partial charge in [0.1, 0.15) is 17.3 Å². The van der Waals surface area contributed by atoms with Crippen LogP contribution in [0.2, 0.25) is 0 Å². The second kappa shape index (κ2) is 5.21. The van der Waals surface area contributed by atoms with Gasteiger partial charge in [-0.25, -0.2) is 8.78 Å². The summed E-state index contributed by atoms with van der Waals surface area (Å²) in [6, 6.07) is 2.84. The lowest BCUT2D eigenvalue weighted by molar-refractivity contribution is 0.102. The zero-order valence-electron chi connectivity index (χ0n) is 10.3. The summed E-state index contributed by atoms with van der Waals surface area (Å²) in [6.07, 6.45) is 1.48. The molecule has 0 radical (unpaired) electrons. The number of hydrogen-bond donors (Lipinski definition) is 0. The van der Waals surface area contributed by atoms with Crippen LogP contribution in [0, 0.1) is 11.6 Å². The second-order valence-corrected chi connectivity index (χ2v) is 5.19. The van der Waals surface area contributed by atoms with Crippen LogP contribution in [0.1, 0.15) is 35.9 Å². The first kappa shape index (κ1) is 13.9. The first-order valence-electron chi connectivity index (χ1n) is 5.64. The number of halogens is 3. The summed E-state index contributed by atoms with van der Waals surface area (Å²) in [5, 5.41) is 4.06. The molecule has 0 fully saturated rings. The highest BCUT2D eigenvalue weighted by atomic mass is 79.9. The predicted octanol–water partition coefficient (Wildman–Crippen LogP) is 3.74. The van der Waals surface area contributed by atoms with Crippen LogP contribution in [0.15, 0.2) is 28.9 Å². The minimum atomic E-state index is -0.881. The summed E-state index contributed by atoms with van der Waals surface area (Å²) in [7, 11) is 0. The van der Waals surface area contributed by atoms with Gasteiger partial charge in [0.2, 0.25) is 5.78 Å². The fourth-order valence-electron chi connectivity index (χ4n) is 1.75. The average molecular weight is 329 g/mol. The zero-order valence-corrected chi connectivity index (χ0v) is 11.9.